The minimum atomic E-state index is -3.39. The molecule has 0 bridgehead atoms. The van der Waals surface area contributed by atoms with Crippen LogP contribution in [-0.4, -0.2) is 24.9 Å². The fourth-order valence-corrected chi connectivity index (χ4v) is 4.40. The predicted molar refractivity (Wildman–Crippen MR) is 62.3 cm³/mol. The predicted octanol–water partition coefficient (Wildman–Crippen LogP) is 2.03. The molecule has 0 spiro atoms. The van der Waals surface area contributed by atoms with Crippen molar-refractivity contribution < 1.29 is 13.5 Å². The molecule has 1 aromatic carbocycles. The topological polar surface area (TPSA) is 54.4 Å². The number of hydrogen-bond donors (Lipinski definition) is 1. The summed E-state index contributed by atoms with van der Waals surface area (Å²) in [6, 6.07) is 6.44. The van der Waals surface area contributed by atoms with Gasteiger partial charge in [-0.2, -0.15) is 0 Å². The van der Waals surface area contributed by atoms with Gasteiger partial charge in [0, 0.05) is 0 Å². The van der Waals surface area contributed by atoms with E-state index in [1.807, 2.05) is 0 Å². The zero-order valence-corrected chi connectivity index (χ0v) is 10.2. The van der Waals surface area contributed by atoms with Crippen LogP contribution in [0.25, 0.3) is 0 Å². The minimum absolute atomic E-state index is 0.177. The van der Waals surface area contributed by atoms with Gasteiger partial charge in [0.15, 0.2) is 9.84 Å². The van der Waals surface area contributed by atoms with Crippen LogP contribution in [0.15, 0.2) is 29.2 Å². The summed E-state index contributed by atoms with van der Waals surface area (Å²) in [6.07, 6.45) is 0.874. The molecule has 2 atom stereocenters. The van der Waals surface area contributed by atoms with Crippen LogP contribution >= 0.6 is 11.6 Å². The van der Waals surface area contributed by atoms with Crippen molar-refractivity contribution >= 4 is 21.4 Å². The molecule has 1 aliphatic carbocycles. The molecule has 88 valence electrons. The Labute approximate surface area is 100.0 Å². The summed E-state index contributed by atoms with van der Waals surface area (Å²) in [6.45, 7) is 0. The van der Waals surface area contributed by atoms with E-state index in [4.69, 9.17) is 11.6 Å². The fourth-order valence-electron chi connectivity index (χ4n) is 2.05. The molecule has 0 aliphatic heterocycles. The maximum atomic E-state index is 12.2. The monoisotopic (exact) mass is 260 g/mol. The van der Waals surface area contributed by atoms with Crippen molar-refractivity contribution in [1.82, 2.24) is 0 Å². The van der Waals surface area contributed by atoms with E-state index >= 15 is 0 Å². The summed E-state index contributed by atoms with van der Waals surface area (Å²) in [5.74, 6) is 0. The van der Waals surface area contributed by atoms with Gasteiger partial charge in [-0.1, -0.05) is 23.7 Å². The first-order chi connectivity index (χ1) is 7.51. The lowest BCUT2D eigenvalue weighted by Gasteiger charge is -2.12. The molecule has 5 heteroatoms. The van der Waals surface area contributed by atoms with Crippen molar-refractivity contribution in [3.8, 4) is 0 Å². The first-order valence-corrected chi connectivity index (χ1v) is 7.10. The van der Waals surface area contributed by atoms with Gasteiger partial charge in [0.25, 0.3) is 0 Å². The Balaban J connectivity index is 2.36. The molecule has 1 N–H and O–H groups in total. The van der Waals surface area contributed by atoms with Gasteiger partial charge in [0.05, 0.1) is 21.3 Å². The van der Waals surface area contributed by atoms with E-state index in [2.05, 4.69) is 0 Å². The largest absolute Gasteiger partial charge is 0.393 e. The maximum Gasteiger partial charge on any atom is 0.182 e. The number of rotatable bonds is 2. The van der Waals surface area contributed by atoms with Gasteiger partial charge >= 0.3 is 0 Å². The lowest BCUT2D eigenvalue weighted by atomic mass is 10.3. The molecule has 16 heavy (non-hydrogen) atoms. The van der Waals surface area contributed by atoms with Crippen LogP contribution < -0.4 is 0 Å². The lowest BCUT2D eigenvalue weighted by Crippen LogP contribution is -2.19. The van der Waals surface area contributed by atoms with Gasteiger partial charge in [0.2, 0.25) is 0 Å². The highest BCUT2D eigenvalue weighted by atomic mass is 35.5. The highest BCUT2D eigenvalue weighted by Crippen LogP contribution is 2.32. The molecule has 0 saturated heterocycles. The zero-order valence-electron chi connectivity index (χ0n) is 8.64. The van der Waals surface area contributed by atoms with Crippen LogP contribution in [0.2, 0.25) is 5.02 Å². The summed E-state index contributed by atoms with van der Waals surface area (Å²) in [5.41, 5.74) is 0. The number of benzene rings is 1. The van der Waals surface area contributed by atoms with Crippen LogP contribution in [0, 0.1) is 0 Å². The standard InChI is InChI=1S/C11H13ClO3S/c12-10-3-1-2-4-11(10)16(14,15)9-6-5-8(13)7-9/h1-4,8-9,13H,5-7H2/t8-,9+/m1/s1. The molecule has 1 saturated carbocycles. The zero-order chi connectivity index (χ0) is 11.8. The van der Waals surface area contributed by atoms with Gasteiger partial charge in [-0.05, 0) is 31.4 Å². The summed E-state index contributed by atoms with van der Waals surface area (Å²) in [5, 5.41) is 9.14. The van der Waals surface area contributed by atoms with Crippen molar-refractivity contribution in [2.45, 2.75) is 35.5 Å². The molecule has 0 radical (unpaired) electrons. The highest BCUT2D eigenvalue weighted by Gasteiger charge is 2.35. The first kappa shape index (κ1) is 11.9. The Hall–Kier alpha value is -0.580. The van der Waals surface area contributed by atoms with E-state index < -0.39 is 21.2 Å². The van der Waals surface area contributed by atoms with Crippen molar-refractivity contribution in [2.75, 3.05) is 0 Å². The Kier molecular flexibility index (Phi) is 3.24. The minimum Gasteiger partial charge on any atom is -0.393 e. The molecule has 0 aromatic heterocycles. The van der Waals surface area contributed by atoms with Gasteiger partial charge in [-0.25, -0.2) is 8.42 Å². The van der Waals surface area contributed by atoms with Crippen molar-refractivity contribution in [3.05, 3.63) is 29.3 Å². The Morgan fingerprint density at radius 3 is 2.50 bits per heavy atom. The first-order valence-electron chi connectivity index (χ1n) is 5.18. The molecule has 0 unspecified atom stereocenters. The van der Waals surface area contributed by atoms with Crippen molar-refractivity contribution in [3.63, 3.8) is 0 Å². The van der Waals surface area contributed by atoms with Crippen molar-refractivity contribution in [1.29, 1.82) is 0 Å². The third-order valence-corrected chi connectivity index (χ3v) is 5.66. The SMILES string of the molecule is O=S(=O)(c1ccccc1Cl)[C@H]1CC[C@@H](O)C1. The molecule has 1 aromatic rings. The number of aliphatic hydroxyl groups excluding tert-OH is 1. The van der Waals surface area contributed by atoms with Crippen LogP contribution in [0.5, 0.6) is 0 Å². The quantitative estimate of drug-likeness (QED) is 0.885. The van der Waals surface area contributed by atoms with Gasteiger partial charge in [-0.15, -0.1) is 0 Å². The molecule has 0 amide bonds. The summed E-state index contributed by atoms with van der Waals surface area (Å²) in [7, 11) is -3.39. The number of hydrogen-bond acceptors (Lipinski definition) is 3. The summed E-state index contributed by atoms with van der Waals surface area (Å²) < 4.78 is 24.4. The number of aliphatic hydroxyl groups is 1. The molecule has 3 nitrogen and oxygen atoms in total. The summed E-state index contributed by atoms with van der Waals surface area (Å²) in [4.78, 5) is 0.177. The van der Waals surface area contributed by atoms with Crippen molar-refractivity contribution in [2.24, 2.45) is 0 Å². The van der Waals surface area contributed by atoms with Crippen LogP contribution in [0.1, 0.15) is 19.3 Å². The molecular weight excluding hydrogens is 248 g/mol. The van der Waals surface area contributed by atoms with E-state index in [1.54, 1.807) is 18.2 Å². The van der Waals surface area contributed by atoms with Gasteiger partial charge in [-0.3, -0.25) is 0 Å². The molecule has 1 aliphatic rings. The number of halogens is 1. The Morgan fingerprint density at radius 2 is 1.94 bits per heavy atom. The maximum absolute atomic E-state index is 12.2. The van der Waals surface area contributed by atoms with E-state index in [0.29, 0.717) is 19.3 Å². The van der Waals surface area contributed by atoms with Crippen LogP contribution in [-0.2, 0) is 9.84 Å². The third kappa shape index (κ3) is 2.10. The molecule has 2 rings (SSSR count). The molecule has 0 heterocycles. The van der Waals surface area contributed by atoms with E-state index in [9.17, 15) is 13.5 Å². The van der Waals surface area contributed by atoms with Crippen LogP contribution in [0.4, 0.5) is 0 Å². The lowest BCUT2D eigenvalue weighted by molar-refractivity contribution is 0.183. The molecular formula is C11H13ClO3S. The van der Waals surface area contributed by atoms with E-state index in [0.717, 1.165) is 0 Å². The normalized spacial score (nSPS) is 25.9. The third-order valence-electron chi connectivity index (χ3n) is 2.94. The highest BCUT2D eigenvalue weighted by molar-refractivity contribution is 7.92. The van der Waals surface area contributed by atoms with Gasteiger partial charge in [0.1, 0.15) is 0 Å². The number of sulfone groups is 1. The second kappa shape index (κ2) is 4.35. The fraction of sp³-hybridized carbons (Fsp3) is 0.455. The van der Waals surface area contributed by atoms with E-state index in [1.165, 1.54) is 6.07 Å². The second-order valence-corrected chi connectivity index (χ2v) is 6.67. The van der Waals surface area contributed by atoms with Crippen LogP contribution in [0.3, 0.4) is 0 Å². The summed E-state index contributed by atoms with van der Waals surface area (Å²) >= 11 is 5.88. The van der Waals surface area contributed by atoms with E-state index in [-0.39, 0.29) is 9.92 Å². The Bertz CT molecular complexity index is 484. The Morgan fingerprint density at radius 1 is 1.25 bits per heavy atom. The van der Waals surface area contributed by atoms with Gasteiger partial charge < -0.3 is 5.11 Å². The smallest absolute Gasteiger partial charge is 0.182 e. The average molecular weight is 261 g/mol. The molecule has 1 fully saturated rings. The second-order valence-electron chi connectivity index (χ2n) is 4.06. The average Bonchev–Trinajstić information content (AvgIpc) is 2.66.